The topological polar surface area (TPSA) is 55.6 Å². The van der Waals surface area contributed by atoms with Gasteiger partial charge in [-0.25, -0.2) is 9.78 Å². The lowest BCUT2D eigenvalue weighted by Crippen LogP contribution is -2.29. The van der Waals surface area contributed by atoms with Gasteiger partial charge in [-0.2, -0.15) is 0 Å². The molecule has 2 heterocycles. The second kappa shape index (κ2) is 6.07. The Morgan fingerprint density at radius 3 is 2.95 bits per heavy atom. The zero-order chi connectivity index (χ0) is 14.7. The first-order valence-corrected chi connectivity index (χ1v) is 7.43. The van der Waals surface area contributed by atoms with Gasteiger partial charge in [0.25, 0.3) is 0 Å². The SMILES string of the molecule is COC(=O)C(NCc1cn2ccsc2n1)c1ccccc1. The van der Waals surface area contributed by atoms with Crippen molar-refractivity contribution in [3.05, 3.63) is 59.4 Å². The Bertz CT molecular complexity index is 707. The van der Waals surface area contributed by atoms with Gasteiger partial charge in [0.05, 0.1) is 12.8 Å². The number of aromatic nitrogens is 2. The number of methoxy groups -OCH3 is 1. The number of rotatable bonds is 5. The van der Waals surface area contributed by atoms with Crippen molar-refractivity contribution in [2.24, 2.45) is 0 Å². The highest BCUT2D eigenvalue weighted by Gasteiger charge is 2.20. The number of carbonyl (C=O) groups is 1. The number of fused-ring (bicyclic) bond motifs is 1. The Morgan fingerprint density at radius 1 is 1.43 bits per heavy atom. The number of hydrogen-bond donors (Lipinski definition) is 1. The van der Waals surface area contributed by atoms with Gasteiger partial charge in [-0.05, 0) is 5.56 Å². The Balaban J connectivity index is 1.75. The van der Waals surface area contributed by atoms with Crippen LogP contribution < -0.4 is 5.32 Å². The molecule has 21 heavy (non-hydrogen) atoms. The molecule has 5 nitrogen and oxygen atoms in total. The minimum Gasteiger partial charge on any atom is -0.468 e. The Kier molecular flexibility index (Phi) is 3.98. The molecule has 0 saturated heterocycles. The van der Waals surface area contributed by atoms with Crippen molar-refractivity contribution in [1.82, 2.24) is 14.7 Å². The number of benzene rings is 1. The molecule has 0 aliphatic rings. The van der Waals surface area contributed by atoms with E-state index in [0.717, 1.165) is 16.2 Å². The van der Waals surface area contributed by atoms with Crippen LogP contribution in [-0.2, 0) is 16.1 Å². The van der Waals surface area contributed by atoms with Crippen LogP contribution in [0.3, 0.4) is 0 Å². The fraction of sp³-hybridized carbons (Fsp3) is 0.200. The highest BCUT2D eigenvalue weighted by molar-refractivity contribution is 7.15. The van der Waals surface area contributed by atoms with Crippen LogP contribution in [0.15, 0.2) is 48.1 Å². The monoisotopic (exact) mass is 301 g/mol. The predicted molar refractivity (Wildman–Crippen MR) is 81.1 cm³/mol. The number of nitrogens with one attached hydrogen (secondary N) is 1. The minimum atomic E-state index is -0.490. The van der Waals surface area contributed by atoms with Crippen LogP contribution in [0.25, 0.3) is 4.96 Å². The lowest BCUT2D eigenvalue weighted by Gasteiger charge is -2.16. The zero-order valence-electron chi connectivity index (χ0n) is 11.5. The maximum atomic E-state index is 11.9. The molecule has 1 atom stereocenters. The first-order chi connectivity index (χ1) is 10.3. The molecule has 0 aliphatic heterocycles. The van der Waals surface area contributed by atoms with Crippen LogP contribution in [0.2, 0.25) is 0 Å². The number of thiazole rings is 1. The van der Waals surface area contributed by atoms with E-state index in [0.29, 0.717) is 6.54 Å². The third kappa shape index (κ3) is 2.96. The normalized spacial score (nSPS) is 12.4. The van der Waals surface area contributed by atoms with Crippen molar-refractivity contribution in [3.63, 3.8) is 0 Å². The predicted octanol–water partition coefficient (Wildman–Crippen LogP) is 2.40. The van der Waals surface area contributed by atoms with Gasteiger partial charge in [-0.3, -0.25) is 9.72 Å². The van der Waals surface area contributed by atoms with Gasteiger partial charge < -0.3 is 4.74 Å². The third-order valence-electron chi connectivity index (χ3n) is 3.20. The number of carbonyl (C=O) groups excluding carboxylic acids is 1. The van der Waals surface area contributed by atoms with Crippen molar-refractivity contribution < 1.29 is 9.53 Å². The molecule has 1 N–H and O–H groups in total. The number of ether oxygens (including phenoxy) is 1. The molecule has 108 valence electrons. The molecule has 1 aromatic carbocycles. The molecule has 0 radical (unpaired) electrons. The summed E-state index contributed by atoms with van der Waals surface area (Å²) >= 11 is 1.58. The Morgan fingerprint density at radius 2 is 2.24 bits per heavy atom. The molecule has 6 heteroatoms. The maximum absolute atomic E-state index is 11.9. The minimum absolute atomic E-state index is 0.303. The summed E-state index contributed by atoms with van der Waals surface area (Å²) in [6, 6.07) is 9.04. The molecular formula is C15H15N3O2S. The molecule has 0 bridgehead atoms. The van der Waals surface area contributed by atoms with Crippen molar-refractivity contribution in [2.75, 3.05) is 7.11 Å². The Hall–Kier alpha value is -2.18. The van der Waals surface area contributed by atoms with Crippen LogP contribution >= 0.6 is 11.3 Å². The largest absolute Gasteiger partial charge is 0.468 e. The van der Waals surface area contributed by atoms with Crippen molar-refractivity contribution >= 4 is 22.3 Å². The van der Waals surface area contributed by atoms with Crippen molar-refractivity contribution in [1.29, 1.82) is 0 Å². The van der Waals surface area contributed by atoms with Crippen LogP contribution in [-0.4, -0.2) is 22.5 Å². The molecule has 2 aromatic heterocycles. The molecule has 3 rings (SSSR count). The van der Waals surface area contributed by atoms with E-state index in [1.165, 1.54) is 7.11 Å². The molecular weight excluding hydrogens is 286 g/mol. The molecule has 3 aromatic rings. The number of nitrogens with zero attached hydrogens (tertiary/aromatic N) is 2. The summed E-state index contributed by atoms with van der Waals surface area (Å²) < 4.78 is 6.84. The van der Waals surface area contributed by atoms with Crippen LogP contribution in [0.5, 0.6) is 0 Å². The molecule has 0 fully saturated rings. The van der Waals surface area contributed by atoms with E-state index in [2.05, 4.69) is 10.3 Å². The van der Waals surface area contributed by atoms with Gasteiger partial charge in [0, 0.05) is 24.3 Å². The number of imidazole rings is 1. The smallest absolute Gasteiger partial charge is 0.327 e. The van der Waals surface area contributed by atoms with E-state index in [-0.39, 0.29) is 5.97 Å². The summed E-state index contributed by atoms with van der Waals surface area (Å²) in [6.07, 6.45) is 3.92. The van der Waals surface area contributed by atoms with Gasteiger partial charge in [0.15, 0.2) is 4.96 Å². The number of hydrogen-bond acceptors (Lipinski definition) is 5. The standard InChI is InChI=1S/C15H15N3O2S/c1-20-14(19)13(11-5-3-2-4-6-11)16-9-12-10-18-7-8-21-15(18)17-12/h2-8,10,13,16H,9H2,1H3. The van der Waals surface area contributed by atoms with Crippen molar-refractivity contribution in [2.45, 2.75) is 12.6 Å². The van der Waals surface area contributed by atoms with Gasteiger partial charge in [-0.15, -0.1) is 11.3 Å². The summed E-state index contributed by atoms with van der Waals surface area (Å²) in [5.74, 6) is -0.303. The zero-order valence-corrected chi connectivity index (χ0v) is 12.3. The second-order valence-electron chi connectivity index (χ2n) is 4.57. The first kappa shape index (κ1) is 13.8. The summed E-state index contributed by atoms with van der Waals surface area (Å²) in [5.41, 5.74) is 1.78. The molecule has 1 unspecified atom stereocenters. The van der Waals surface area contributed by atoms with E-state index in [1.807, 2.05) is 52.5 Å². The van der Waals surface area contributed by atoms with E-state index >= 15 is 0 Å². The summed E-state index contributed by atoms with van der Waals surface area (Å²) in [5, 5.41) is 5.19. The van der Waals surface area contributed by atoms with Gasteiger partial charge in [-0.1, -0.05) is 30.3 Å². The van der Waals surface area contributed by atoms with E-state index in [4.69, 9.17) is 4.74 Å². The van der Waals surface area contributed by atoms with Gasteiger partial charge >= 0.3 is 5.97 Å². The number of esters is 1. The summed E-state index contributed by atoms with van der Waals surface area (Å²) in [6.45, 7) is 0.503. The molecule has 0 saturated carbocycles. The third-order valence-corrected chi connectivity index (χ3v) is 3.97. The van der Waals surface area contributed by atoms with Crippen molar-refractivity contribution in [3.8, 4) is 0 Å². The fourth-order valence-corrected chi connectivity index (χ4v) is 2.89. The lowest BCUT2D eigenvalue weighted by atomic mass is 10.1. The van der Waals surface area contributed by atoms with Gasteiger partial charge in [0.2, 0.25) is 0 Å². The van der Waals surface area contributed by atoms with E-state index in [1.54, 1.807) is 11.3 Å². The highest BCUT2D eigenvalue weighted by Crippen LogP contribution is 2.16. The maximum Gasteiger partial charge on any atom is 0.327 e. The highest BCUT2D eigenvalue weighted by atomic mass is 32.1. The summed E-state index contributed by atoms with van der Waals surface area (Å²) in [7, 11) is 1.40. The fourth-order valence-electron chi connectivity index (χ4n) is 2.17. The summed E-state index contributed by atoms with van der Waals surface area (Å²) in [4.78, 5) is 17.4. The van der Waals surface area contributed by atoms with E-state index in [9.17, 15) is 4.79 Å². The quantitative estimate of drug-likeness (QED) is 0.735. The molecule has 0 amide bonds. The van der Waals surface area contributed by atoms with Crippen LogP contribution in [0, 0.1) is 0 Å². The lowest BCUT2D eigenvalue weighted by molar-refractivity contribution is -0.143. The molecule has 0 aliphatic carbocycles. The van der Waals surface area contributed by atoms with E-state index < -0.39 is 6.04 Å². The average molecular weight is 301 g/mol. The van der Waals surface area contributed by atoms with Gasteiger partial charge in [0.1, 0.15) is 6.04 Å². The molecule has 0 spiro atoms. The van der Waals surface area contributed by atoms with Crippen LogP contribution in [0.1, 0.15) is 17.3 Å². The van der Waals surface area contributed by atoms with Crippen LogP contribution in [0.4, 0.5) is 0 Å². The second-order valence-corrected chi connectivity index (χ2v) is 5.45. The Labute approximate surface area is 126 Å². The first-order valence-electron chi connectivity index (χ1n) is 6.55. The average Bonchev–Trinajstić information content (AvgIpc) is 3.09.